The molecule has 0 saturated heterocycles. The minimum absolute atomic E-state index is 0.312. The van der Waals surface area contributed by atoms with Crippen LogP contribution in [0.5, 0.6) is 5.75 Å². The predicted octanol–water partition coefficient (Wildman–Crippen LogP) is 2.32. The third-order valence-electron chi connectivity index (χ3n) is 3.55. The fraction of sp³-hybridized carbons (Fsp3) is 0.429. The molecule has 120 valence electrons. The Hall–Kier alpha value is -1.53. The Morgan fingerprint density at radius 1 is 1.27 bits per heavy atom. The zero-order valence-corrected chi connectivity index (χ0v) is 13.5. The van der Waals surface area contributed by atoms with Gasteiger partial charge in [-0.25, -0.2) is 4.39 Å². The second kappa shape index (κ2) is 5.93. The van der Waals surface area contributed by atoms with Gasteiger partial charge in [0.1, 0.15) is 15.9 Å². The number of hydrogen-bond donors (Lipinski definition) is 2. The van der Waals surface area contributed by atoms with E-state index in [2.05, 4.69) is 10.9 Å². The summed E-state index contributed by atoms with van der Waals surface area (Å²) in [6.07, 6.45) is -0.568. The molecule has 1 aromatic rings. The largest absolute Gasteiger partial charge is 0.481 e. The van der Waals surface area contributed by atoms with Crippen LogP contribution in [0.25, 0.3) is 0 Å². The van der Waals surface area contributed by atoms with Crippen LogP contribution >= 0.6 is 23.2 Å². The number of carbonyl (C=O) groups excluding carboxylic acids is 2. The molecule has 0 spiro atoms. The van der Waals surface area contributed by atoms with Crippen molar-refractivity contribution in [3.8, 4) is 5.75 Å². The molecule has 2 amide bonds. The summed E-state index contributed by atoms with van der Waals surface area (Å²) < 4.78 is 17.0. The highest BCUT2D eigenvalue weighted by atomic mass is 35.5. The highest BCUT2D eigenvalue weighted by molar-refractivity contribution is 6.53. The summed E-state index contributed by atoms with van der Waals surface area (Å²) >= 11 is 11.8. The highest BCUT2D eigenvalue weighted by Crippen LogP contribution is 2.63. The van der Waals surface area contributed by atoms with Gasteiger partial charge in [0.05, 0.1) is 5.41 Å². The summed E-state index contributed by atoms with van der Waals surface area (Å²) in [5.41, 5.74) is 3.59. The van der Waals surface area contributed by atoms with Crippen molar-refractivity contribution < 1.29 is 18.7 Å². The average molecular weight is 349 g/mol. The second-order valence-corrected chi connectivity index (χ2v) is 6.85. The van der Waals surface area contributed by atoms with Crippen molar-refractivity contribution >= 4 is 35.0 Å². The number of rotatable bonds is 4. The molecule has 2 N–H and O–H groups in total. The van der Waals surface area contributed by atoms with Crippen molar-refractivity contribution in [2.75, 3.05) is 0 Å². The average Bonchev–Trinajstić information content (AvgIpc) is 2.98. The van der Waals surface area contributed by atoms with Gasteiger partial charge in [-0.05, 0) is 44.5 Å². The van der Waals surface area contributed by atoms with Crippen LogP contribution in [0, 0.1) is 11.2 Å². The Balaban J connectivity index is 1.82. The van der Waals surface area contributed by atoms with Gasteiger partial charge in [0, 0.05) is 0 Å². The fourth-order valence-electron chi connectivity index (χ4n) is 1.77. The first-order chi connectivity index (χ1) is 10.2. The standard InChI is InChI=1S/C14H15Cl2FN2O3/c1-8(22-10-5-3-9(17)4-6-10)11(20)18-19-12(21)13(2)7-14(13,15)16/h3-6,8H,7H2,1-2H3,(H,18,20)(H,19,21). The molecule has 2 rings (SSSR count). The molecule has 0 aliphatic heterocycles. The van der Waals surface area contributed by atoms with Crippen LogP contribution in [-0.4, -0.2) is 22.3 Å². The molecule has 22 heavy (non-hydrogen) atoms. The van der Waals surface area contributed by atoms with Gasteiger partial charge in [-0.3, -0.25) is 20.4 Å². The van der Waals surface area contributed by atoms with Crippen molar-refractivity contribution in [2.45, 2.75) is 30.7 Å². The van der Waals surface area contributed by atoms with Gasteiger partial charge in [-0.2, -0.15) is 0 Å². The lowest BCUT2D eigenvalue weighted by Crippen LogP contribution is -2.49. The van der Waals surface area contributed by atoms with E-state index in [9.17, 15) is 14.0 Å². The van der Waals surface area contributed by atoms with Gasteiger partial charge >= 0.3 is 0 Å². The molecule has 0 aromatic heterocycles. The SMILES string of the molecule is CC(Oc1ccc(F)cc1)C(=O)NNC(=O)C1(C)CC1(Cl)Cl. The monoisotopic (exact) mass is 348 g/mol. The zero-order chi connectivity index (χ0) is 16.5. The molecule has 1 saturated carbocycles. The van der Waals surface area contributed by atoms with Crippen molar-refractivity contribution in [3.63, 3.8) is 0 Å². The second-order valence-electron chi connectivity index (χ2n) is 5.37. The Bertz CT molecular complexity index is 594. The normalized spacial score (nSPS) is 23.3. The lowest BCUT2D eigenvalue weighted by molar-refractivity contribution is -0.134. The zero-order valence-electron chi connectivity index (χ0n) is 12.0. The van der Waals surface area contributed by atoms with Gasteiger partial charge < -0.3 is 4.74 Å². The maximum absolute atomic E-state index is 12.8. The minimum atomic E-state index is -1.11. The molecule has 1 aromatic carbocycles. The van der Waals surface area contributed by atoms with Crippen molar-refractivity contribution in [3.05, 3.63) is 30.1 Å². The molecule has 5 nitrogen and oxygen atoms in total. The molecule has 0 heterocycles. The van der Waals surface area contributed by atoms with E-state index in [1.807, 2.05) is 0 Å². The van der Waals surface area contributed by atoms with Crippen LogP contribution in [0.3, 0.4) is 0 Å². The summed E-state index contributed by atoms with van der Waals surface area (Å²) in [6, 6.07) is 5.24. The van der Waals surface area contributed by atoms with E-state index in [-0.39, 0.29) is 0 Å². The molecule has 1 aliphatic carbocycles. The molecular weight excluding hydrogens is 334 g/mol. The Kier molecular flexibility index (Phi) is 4.54. The number of benzene rings is 1. The Morgan fingerprint density at radius 3 is 2.32 bits per heavy atom. The molecule has 1 aliphatic rings. The third kappa shape index (κ3) is 3.44. The first kappa shape index (κ1) is 16.8. The van der Waals surface area contributed by atoms with Gasteiger partial charge in [-0.1, -0.05) is 0 Å². The Labute approximate surface area is 137 Å². The van der Waals surface area contributed by atoms with Crippen LogP contribution in [0.1, 0.15) is 20.3 Å². The maximum Gasteiger partial charge on any atom is 0.279 e. The number of amides is 2. The summed E-state index contributed by atoms with van der Waals surface area (Å²) in [5.74, 6) is -1.10. The summed E-state index contributed by atoms with van der Waals surface area (Å²) in [7, 11) is 0. The van der Waals surface area contributed by atoms with E-state index in [0.717, 1.165) is 0 Å². The molecule has 0 radical (unpaired) electrons. The van der Waals surface area contributed by atoms with Gasteiger partial charge in [-0.15, -0.1) is 23.2 Å². The van der Waals surface area contributed by atoms with E-state index < -0.39 is 33.5 Å². The molecule has 1 fully saturated rings. The number of carbonyl (C=O) groups is 2. The molecule has 2 unspecified atom stereocenters. The van der Waals surface area contributed by atoms with Crippen LogP contribution in [0.2, 0.25) is 0 Å². The Morgan fingerprint density at radius 2 is 1.82 bits per heavy atom. The molecule has 0 bridgehead atoms. The topological polar surface area (TPSA) is 67.4 Å². The van der Waals surface area contributed by atoms with E-state index in [4.69, 9.17) is 27.9 Å². The molecule has 2 atom stereocenters. The lowest BCUT2D eigenvalue weighted by Gasteiger charge is -2.17. The molecule has 8 heteroatoms. The summed E-state index contributed by atoms with van der Waals surface area (Å²) in [5, 5.41) is 0. The van der Waals surface area contributed by atoms with Crippen molar-refractivity contribution in [1.29, 1.82) is 0 Å². The number of hydrogen-bond acceptors (Lipinski definition) is 3. The molecular formula is C14H15Cl2FN2O3. The number of ether oxygens (including phenoxy) is 1. The third-order valence-corrected chi connectivity index (χ3v) is 4.66. The maximum atomic E-state index is 12.8. The van der Waals surface area contributed by atoms with Gasteiger partial charge in [0.2, 0.25) is 5.91 Å². The fourth-order valence-corrected chi connectivity index (χ4v) is 2.48. The van der Waals surface area contributed by atoms with Crippen LogP contribution in [0.15, 0.2) is 24.3 Å². The summed E-state index contributed by atoms with van der Waals surface area (Å²) in [6.45, 7) is 3.10. The smallest absolute Gasteiger partial charge is 0.279 e. The number of halogens is 3. The minimum Gasteiger partial charge on any atom is -0.481 e. The van der Waals surface area contributed by atoms with Crippen molar-refractivity contribution in [2.24, 2.45) is 5.41 Å². The van der Waals surface area contributed by atoms with Gasteiger partial charge in [0.25, 0.3) is 5.91 Å². The van der Waals surface area contributed by atoms with Crippen LogP contribution < -0.4 is 15.6 Å². The van der Waals surface area contributed by atoms with E-state index in [1.165, 1.54) is 31.2 Å². The van der Waals surface area contributed by atoms with Crippen LogP contribution in [0.4, 0.5) is 4.39 Å². The lowest BCUT2D eigenvalue weighted by atomic mass is 10.1. The van der Waals surface area contributed by atoms with Gasteiger partial charge in [0.15, 0.2) is 6.10 Å². The predicted molar refractivity (Wildman–Crippen MR) is 79.9 cm³/mol. The van der Waals surface area contributed by atoms with E-state index in [0.29, 0.717) is 12.2 Å². The first-order valence-corrected chi connectivity index (χ1v) is 7.32. The number of nitrogens with one attached hydrogen (secondary N) is 2. The van der Waals surface area contributed by atoms with Crippen molar-refractivity contribution in [1.82, 2.24) is 10.9 Å². The highest BCUT2D eigenvalue weighted by Gasteiger charge is 2.68. The van der Waals surface area contributed by atoms with E-state index >= 15 is 0 Å². The first-order valence-electron chi connectivity index (χ1n) is 6.56. The van der Waals surface area contributed by atoms with Crippen LogP contribution in [-0.2, 0) is 9.59 Å². The number of hydrazine groups is 1. The number of alkyl halides is 2. The summed E-state index contributed by atoms with van der Waals surface area (Å²) in [4.78, 5) is 23.7. The van der Waals surface area contributed by atoms with E-state index in [1.54, 1.807) is 6.92 Å². The quantitative estimate of drug-likeness (QED) is 0.648.